The molecule has 0 fully saturated rings. The van der Waals surface area contributed by atoms with E-state index in [2.05, 4.69) is 21.2 Å². The SMILES string of the molecule is CCCC(COC)NC(=O)c1cc(C(F)(F)F)ccc1Br. The van der Waals surface area contributed by atoms with Gasteiger partial charge in [0.05, 0.1) is 23.8 Å². The molecular weight excluding hydrogens is 351 g/mol. The molecule has 1 amide bonds. The molecule has 0 saturated carbocycles. The van der Waals surface area contributed by atoms with Crippen molar-refractivity contribution in [1.82, 2.24) is 5.32 Å². The number of nitrogens with one attached hydrogen (secondary N) is 1. The minimum atomic E-state index is -4.48. The van der Waals surface area contributed by atoms with Crippen molar-refractivity contribution in [1.29, 1.82) is 0 Å². The van der Waals surface area contributed by atoms with Gasteiger partial charge in [0.2, 0.25) is 0 Å². The molecule has 7 heteroatoms. The maximum atomic E-state index is 12.7. The molecule has 0 heterocycles. The molecule has 1 aromatic rings. The molecule has 3 nitrogen and oxygen atoms in total. The standard InChI is InChI=1S/C14H17BrF3NO2/c1-3-4-10(8-21-2)19-13(20)11-7-9(14(16,17)18)5-6-12(11)15/h5-7,10H,3-4,8H2,1-2H3,(H,19,20). The van der Waals surface area contributed by atoms with Gasteiger partial charge in [-0.15, -0.1) is 0 Å². The second-order valence-corrected chi connectivity index (χ2v) is 5.46. The Morgan fingerprint density at radius 2 is 2.10 bits per heavy atom. The molecule has 0 spiro atoms. The Labute approximate surface area is 130 Å². The zero-order valence-corrected chi connectivity index (χ0v) is 13.3. The summed E-state index contributed by atoms with van der Waals surface area (Å²) in [5.41, 5.74) is -0.892. The van der Waals surface area contributed by atoms with Gasteiger partial charge in [0.1, 0.15) is 0 Å². The molecule has 21 heavy (non-hydrogen) atoms. The maximum absolute atomic E-state index is 12.7. The number of halogens is 4. The number of rotatable bonds is 6. The fourth-order valence-corrected chi connectivity index (χ4v) is 2.31. The summed E-state index contributed by atoms with van der Waals surface area (Å²) in [7, 11) is 1.51. The van der Waals surface area contributed by atoms with Crippen LogP contribution in [0.1, 0.15) is 35.7 Å². The highest BCUT2D eigenvalue weighted by Gasteiger charge is 2.31. The summed E-state index contributed by atoms with van der Waals surface area (Å²) in [6.45, 7) is 2.27. The van der Waals surface area contributed by atoms with E-state index in [9.17, 15) is 18.0 Å². The number of methoxy groups -OCH3 is 1. The Bertz CT molecular complexity index is 486. The average Bonchev–Trinajstić information content (AvgIpc) is 2.38. The fraction of sp³-hybridized carbons (Fsp3) is 0.500. The lowest BCUT2D eigenvalue weighted by atomic mass is 10.1. The Morgan fingerprint density at radius 3 is 2.62 bits per heavy atom. The van der Waals surface area contributed by atoms with Gasteiger partial charge in [-0.2, -0.15) is 13.2 Å². The minimum absolute atomic E-state index is 0.0398. The van der Waals surface area contributed by atoms with E-state index in [1.54, 1.807) is 0 Å². The number of benzene rings is 1. The fourth-order valence-electron chi connectivity index (χ4n) is 1.89. The van der Waals surface area contributed by atoms with Crippen molar-refractivity contribution in [2.45, 2.75) is 32.0 Å². The third-order valence-electron chi connectivity index (χ3n) is 2.88. The second kappa shape index (κ2) is 7.79. The van der Waals surface area contributed by atoms with Crippen LogP contribution in [0, 0.1) is 0 Å². The van der Waals surface area contributed by atoms with Gasteiger partial charge < -0.3 is 10.1 Å². The van der Waals surface area contributed by atoms with E-state index in [1.807, 2.05) is 6.92 Å². The van der Waals surface area contributed by atoms with E-state index in [0.29, 0.717) is 17.5 Å². The number of hydrogen-bond donors (Lipinski definition) is 1. The van der Waals surface area contributed by atoms with Crippen molar-refractivity contribution in [3.8, 4) is 0 Å². The van der Waals surface area contributed by atoms with E-state index < -0.39 is 17.6 Å². The highest BCUT2D eigenvalue weighted by atomic mass is 79.9. The van der Waals surface area contributed by atoms with Crippen molar-refractivity contribution >= 4 is 21.8 Å². The van der Waals surface area contributed by atoms with Crippen LogP contribution in [0.3, 0.4) is 0 Å². The summed E-state index contributed by atoms with van der Waals surface area (Å²) in [4.78, 5) is 12.1. The Kier molecular flexibility index (Phi) is 6.67. The van der Waals surface area contributed by atoms with Crippen molar-refractivity contribution < 1.29 is 22.7 Å². The van der Waals surface area contributed by atoms with Crippen LogP contribution in [-0.2, 0) is 10.9 Å². The Balaban J connectivity index is 2.95. The van der Waals surface area contributed by atoms with E-state index in [-0.39, 0.29) is 11.6 Å². The van der Waals surface area contributed by atoms with Gasteiger partial charge in [-0.1, -0.05) is 13.3 Å². The first-order valence-electron chi connectivity index (χ1n) is 6.46. The first-order chi connectivity index (χ1) is 9.79. The highest BCUT2D eigenvalue weighted by Crippen LogP contribution is 2.31. The third-order valence-corrected chi connectivity index (χ3v) is 3.57. The predicted octanol–water partition coefficient (Wildman–Crippen LogP) is 4.01. The molecule has 1 aromatic carbocycles. The van der Waals surface area contributed by atoms with Crippen molar-refractivity contribution in [2.24, 2.45) is 0 Å². The summed E-state index contributed by atoms with van der Waals surface area (Å²) in [5, 5.41) is 2.69. The Morgan fingerprint density at radius 1 is 1.43 bits per heavy atom. The second-order valence-electron chi connectivity index (χ2n) is 4.61. The highest BCUT2D eigenvalue weighted by molar-refractivity contribution is 9.10. The van der Waals surface area contributed by atoms with Crippen LogP contribution in [0.4, 0.5) is 13.2 Å². The number of amides is 1. The zero-order chi connectivity index (χ0) is 16.0. The van der Waals surface area contributed by atoms with Crippen LogP contribution in [0.15, 0.2) is 22.7 Å². The van der Waals surface area contributed by atoms with Crippen LogP contribution in [0.25, 0.3) is 0 Å². The zero-order valence-electron chi connectivity index (χ0n) is 11.8. The molecule has 1 N–H and O–H groups in total. The number of ether oxygens (including phenoxy) is 1. The molecular formula is C14H17BrF3NO2. The molecule has 118 valence electrons. The van der Waals surface area contributed by atoms with Gasteiger partial charge in [0, 0.05) is 11.6 Å². The Hall–Kier alpha value is -1.08. The average molecular weight is 368 g/mol. The van der Waals surface area contributed by atoms with Gasteiger partial charge in [0.15, 0.2) is 0 Å². The number of carbonyl (C=O) groups excluding carboxylic acids is 1. The summed E-state index contributed by atoms with van der Waals surface area (Å²) in [6, 6.07) is 2.77. The smallest absolute Gasteiger partial charge is 0.383 e. The lowest BCUT2D eigenvalue weighted by Crippen LogP contribution is -2.38. The molecule has 0 aliphatic heterocycles. The van der Waals surface area contributed by atoms with Gasteiger partial charge in [0.25, 0.3) is 5.91 Å². The first-order valence-corrected chi connectivity index (χ1v) is 7.25. The number of hydrogen-bond acceptors (Lipinski definition) is 2. The summed E-state index contributed by atoms with van der Waals surface area (Å²) in [6.07, 6.45) is -2.96. The summed E-state index contributed by atoms with van der Waals surface area (Å²) >= 11 is 3.11. The maximum Gasteiger partial charge on any atom is 0.416 e. The molecule has 0 bridgehead atoms. The molecule has 0 aromatic heterocycles. The van der Waals surface area contributed by atoms with E-state index in [4.69, 9.17) is 4.74 Å². The topological polar surface area (TPSA) is 38.3 Å². The van der Waals surface area contributed by atoms with Gasteiger partial charge in [-0.3, -0.25) is 4.79 Å². The largest absolute Gasteiger partial charge is 0.416 e. The van der Waals surface area contributed by atoms with E-state index in [1.165, 1.54) is 13.2 Å². The van der Waals surface area contributed by atoms with Crippen LogP contribution < -0.4 is 5.32 Å². The number of carbonyl (C=O) groups is 1. The molecule has 1 unspecified atom stereocenters. The van der Waals surface area contributed by atoms with Crippen molar-refractivity contribution in [3.05, 3.63) is 33.8 Å². The molecule has 1 atom stereocenters. The lowest BCUT2D eigenvalue weighted by Gasteiger charge is -2.18. The minimum Gasteiger partial charge on any atom is -0.383 e. The van der Waals surface area contributed by atoms with Crippen molar-refractivity contribution in [2.75, 3.05) is 13.7 Å². The van der Waals surface area contributed by atoms with Gasteiger partial charge >= 0.3 is 6.18 Å². The predicted molar refractivity (Wildman–Crippen MR) is 77.2 cm³/mol. The molecule has 1 rings (SSSR count). The summed E-state index contributed by atoms with van der Waals surface area (Å²) in [5.74, 6) is -0.552. The first kappa shape index (κ1) is 18.0. The summed E-state index contributed by atoms with van der Waals surface area (Å²) < 4.78 is 43.4. The van der Waals surface area contributed by atoms with Crippen LogP contribution in [0.5, 0.6) is 0 Å². The van der Waals surface area contributed by atoms with Gasteiger partial charge in [-0.25, -0.2) is 0 Å². The van der Waals surface area contributed by atoms with Crippen molar-refractivity contribution in [3.63, 3.8) is 0 Å². The molecule has 0 aliphatic rings. The normalized spacial score (nSPS) is 13.0. The monoisotopic (exact) mass is 367 g/mol. The van der Waals surface area contributed by atoms with E-state index in [0.717, 1.165) is 18.6 Å². The quantitative estimate of drug-likeness (QED) is 0.824. The van der Waals surface area contributed by atoms with Crippen LogP contribution >= 0.6 is 15.9 Å². The van der Waals surface area contributed by atoms with Gasteiger partial charge in [-0.05, 0) is 40.5 Å². The van der Waals surface area contributed by atoms with E-state index >= 15 is 0 Å². The van der Waals surface area contributed by atoms with Crippen LogP contribution in [0.2, 0.25) is 0 Å². The third kappa shape index (κ3) is 5.32. The lowest BCUT2D eigenvalue weighted by molar-refractivity contribution is -0.137. The molecule has 0 radical (unpaired) electrons. The molecule has 0 saturated heterocycles. The molecule has 0 aliphatic carbocycles. The van der Waals surface area contributed by atoms with Crippen LogP contribution in [-0.4, -0.2) is 25.7 Å². The number of alkyl halides is 3.